The smallest absolute Gasteiger partial charge is 0.0809 e. The molecule has 0 aromatic carbocycles. The molecule has 3 heteroatoms. The number of fused-ring (bicyclic) bond motifs is 1. The number of pyridine rings is 1. The lowest BCUT2D eigenvalue weighted by Gasteiger charge is -2.03. The summed E-state index contributed by atoms with van der Waals surface area (Å²) in [6.45, 7) is 1.97. The first-order valence-electron chi connectivity index (χ1n) is 3.86. The fraction of sp³-hybridized carbons (Fsp3) is 0.222. The van der Waals surface area contributed by atoms with Crippen molar-refractivity contribution in [2.24, 2.45) is 5.73 Å². The second-order valence-corrected chi connectivity index (χ2v) is 3.81. The number of nitrogens with two attached hydrogens (primary N) is 1. The van der Waals surface area contributed by atoms with E-state index in [0.717, 1.165) is 11.1 Å². The SMILES string of the molecule is C[C@H](N)c1cnc2ccsc2c1. The molecule has 62 valence electrons. The first-order valence-corrected chi connectivity index (χ1v) is 4.74. The summed E-state index contributed by atoms with van der Waals surface area (Å²) in [5.41, 5.74) is 7.90. The van der Waals surface area contributed by atoms with E-state index < -0.39 is 0 Å². The van der Waals surface area contributed by atoms with E-state index in [9.17, 15) is 0 Å². The van der Waals surface area contributed by atoms with Crippen LogP contribution >= 0.6 is 11.3 Å². The lowest BCUT2D eigenvalue weighted by atomic mass is 10.1. The summed E-state index contributed by atoms with van der Waals surface area (Å²) < 4.78 is 1.21. The Morgan fingerprint density at radius 1 is 1.58 bits per heavy atom. The molecule has 12 heavy (non-hydrogen) atoms. The normalized spacial score (nSPS) is 13.5. The minimum absolute atomic E-state index is 0.0731. The zero-order valence-electron chi connectivity index (χ0n) is 6.82. The quantitative estimate of drug-likeness (QED) is 0.727. The van der Waals surface area contributed by atoms with Crippen molar-refractivity contribution in [3.63, 3.8) is 0 Å². The number of nitrogens with zero attached hydrogens (tertiary/aromatic N) is 1. The third kappa shape index (κ3) is 1.21. The number of thiophene rings is 1. The van der Waals surface area contributed by atoms with Gasteiger partial charge in [0.05, 0.1) is 10.2 Å². The van der Waals surface area contributed by atoms with E-state index in [2.05, 4.69) is 11.1 Å². The highest BCUT2D eigenvalue weighted by Crippen LogP contribution is 2.21. The minimum Gasteiger partial charge on any atom is -0.324 e. The van der Waals surface area contributed by atoms with Crippen LogP contribution < -0.4 is 5.73 Å². The fourth-order valence-corrected chi connectivity index (χ4v) is 1.90. The highest BCUT2D eigenvalue weighted by molar-refractivity contribution is 7.17. The summed E-state index contributed by atoms with van der Waals surface area (Å²) in [7, 11) is 0. The molecule has 2 rings (SSSR count). The van der Waals surface area contributed by atoms with E-state index in [4.69, 9.17) is 5.73 Å². The zero-order chi connectivity index (χ0) is 8.55. The molecule has 0 aliphatic carbocycles. The Balaban J connectivity index is 2.60. The van der Waals surface area contributed by atoms with Crippen molar-refractivity contribution in [3.05, 3.63) is 29.3 Å². The Bertz CT molecular complexity index is 392. The average Bonchev–Trinajstić information content (AvgIpc) is 2.49. The first-order chi connectivity index (χ1) is 5.77. The Kier molecular flexibility index (Phi) is 1.83. The van der Waals surface area contributed by atoms with Gasteiger partial charge in [-0.1, -0.05) is 0 Å². The van der Waals surface area contributed by atoms with Gasteiger partial charge < -0.3 is 5.73 Å². The van der Waals surface area contributed by atoms with Gasteiger partial charge in [-0.25, -0.2) is 0 Å². The number of hydrogen-bond donors (Lipinski definition) is 1. The molecule has 0 radical (unpaired) electrons. The molecule has 2 N–H and O–H groups in total. The molecule has 2 aromatic heterocycles. The molecule has 0 fully saturated rings. The summed E-state index contributed by atoms with van der Waals surface area (Å²) in [4.78, 5) is 4.29. The van der Waals surface area contributed by atoms with Crippen LogP contribution in [0.25, 0.3) is 10.2 Å². The minimum atomic E-state index is 0.0731. The lowest BCUT2D eigenvalue weighted by Crippen LogP contribution is -2.04. The largest absolute Gasteiger partial charge is 0.324 e. The van der Waals surface area contributed by atoms with Crippen LogP contribution in [0.2, 0.25) is 0 Å². The summed E-state index contributed by atoms with van der Waals surface area (Å²) in [5, 5.41) is 2.04. The summed E-state index contributed by atoms with van der Waals surface area (Å²) in [6, 6.07) is 4.20. The van der Waals surface area contributed by atoms with Gasteiger partial charge in [-0.05, 0) is 30.0 Å². The average molecular weight is 178 g/mol. The van der Waals surface area contributed by atoms with E-state index >= 15 is 0 Å². The molecule has 2 heterocycles. The van der Waals surface area contributed by atoms with Gasteiger partial charge in [-0.2, -0.15) is 0 Å². The maximum absolute atomic E-state index is 5.74. The van der Waals surface area contributed by atoms with Crippen LogP contribution in [0.15, 0.2) is 23.7 Å². The summed E-state index contributed by atoms with van der Waals surface area (Å²) in [6.07, 6.45) is 1.85. The molecule has 0 bridgehead atoms. The molecule has 0 aliphatic rings. The Morgan fingerprint density at radius 2 is 2.42 bits per heavy atom. The van der Waals surface area contributed by atoms with E-state index in [1.165, 1.54) is 4.70 Å². The van der Waals surface area contributed by atoms with E-state index in [-0.39, 0.29) is 6.04 Å². The molecule has 2 nitrogen and oxygen atoms in total. The second-order valence-electron chi connectivity index (χ2n) is 2.86. The van der Waals surface area contributed by atoms with Crippen LogP contribution in [0.1, 0.15) is 18.5 Å². The van der Waals surface area contributed by atoms with Gasteiger partial charge in [0.1, 0.15) is 0 Å². The van der Waals surface area contributed by atoms with Crippen LogP contribution in [0.4, 0.5) is 0 Å². The van der Waals surface area contributed by atoms with Crippen LogP contribution in [0.3, 0.4) is 0 Å². The zero-order valence-corrected chi connectivity index (χ0v) is 7.64. The van der Waals surface area contributed by atoms with Crippen molar-refractivity contribution in [1.82, 2.24) is 4.98 Å². The molecule has 0 saturated heterocycles. The van der Waals surface area contributed by atoms with Gasteiger partial charge in [0.2, 0.25) is 0 Å². The van der Waals surface area contributed by atoms with E-state index in [1.54, 1.807) is 11.3 Å². The molecule has 1 atom stereocenters. The van der Waals surface area contributed by atoms with Crippen molar-refractivity contribution in [2.75, 3.05) is 0 Å². The molecule has 0 saturated carbocycles. The van der Waals surface area contributed by atoms with Gasteiger partial charge in [0.15, 0.2) is 0 Å². The van der Waals surface area contributed by atoms with Crippen molar-refractivity contribution in [2.45, 2.75) is 13.0 Å². The molecular weight excluding hydrogens is 168 g/mol. The van der Waals surface area contributed by atoms with Crippen LogP contribution in [0, 0.1) is 0 Å². The second kappa shape index (κ2) is 2.84. The van der Waals surface area contributed by atoms with E-state index in [1.807, 2.05) is 24.6 Å². The molecule has 0 aliphatic heterocycles. The lowest BCUT2D eigenvalue weighted by molar-refractivity contribution is 0.815. The molecule has 0 unspecified atom stereocenters. The Hall–Kier alpha value is -0.930. The topological polar surface area (TPSA) is 38.9 Å². The highest BCUT2D eigenvalue weighted by Gasteiger charge is 2.01. The van der Waals surface area contributed by atoms with E-state index in [0.29, 0.717) is 0 Å². The van der Waals surface area contributed by atoms with Crippen molar-refractivity contribution < 1.29 is 0 Å². The van der Waals surface area contributed by atoms with Crippen LogP contribution in [-0.2, 0) is 0 Å². The molecular formula is C9H10N2S. The van der Waals surface area contributed by atoms with Gasteiger partial charge in [-0.3, -0.25) is 4.98 Å². The van der Waals surface area contributed by atoms with Crippen LogP contribution in [-0.4, -0.2) is 4.98 Å². The Morgan fingerprint density at radius 3 is 3.17 bits per heavy atom. The Labute approximate surface area is 75.0 Å². The predicted molar refractivity (Wildman–Crippen MR) is 52.2 cm³/mol. The molecule has 0 amide bonds. The molecule has 2 aromatic rings. The standard InChI is InChI=1S/C9H10N2S/c1-6(10)7-4-9-8(11-5-7)2-3-12-9/h2-6H,10H2,1H3/t6-/m0/s1. The van der Waals surface area contributed by atoms with Gasteiger partial charge in [0.25, 0.3) is 0 Å². The summed E-state index contributed by atoms with van der Waals surface area (Å²) >= 11 is 1.70. The van der Waals surface area contributed by atoms with Crippen molar-refractivity contribution in [1.29, 1.82) is 0 Å². The van der Waals surface area contributed by atoms with Crippen molar-refractivity contribution >= 4 is 21.6 Å². The van der Waals surface area contributed by atoms with Gasteiger partial charge >= 0.3 is 0 Å². The number of aromatic nitrogens is 1. The number of rotatable bonds is 1. The maximum atomic E-state index is 5.74. The first kappa shape index (κ1) is 7.71. The summed E-state index contributed by atoms with van der Waals surface area (Å²) in [5.74, 6) is 0. The fourth-order valence-electron chi connectivity index (χ4n) is 1.11. The molecule has 0 spiro atoms. The highest BCUT2D eigenvalue weighted by atomic mass is 32.1. The van der Waals surface area contributed by atoms with Crippen molar-refractivity contribution in [3.8, 4) is 0 Å². The van der Waals surface area contributed by atoms with Gasteiger partial charge in [-0.15, -0.1) is 11.3 Å². The third-order valence-electron chi connectivity index (χ3n) is 1.85. The predicted octanol–water partition coefficient (Wildman–Crippen LogP) is 2.32. The number of hydrogen-bond acceptors (Lipinski definition) is 3. The van der Waals surface area contributed by atoms with Crippen LogP contribution in [0.5, 0.6) is 0 Å². The third-order valence-corrected chi connectivity index (χ3v) is 2.70. The van der Waals surface area contributed by atoms with Gasteiger partial charge in [0, 0.05) is 12.2 Å². The maximum Gasteiger partial charge on any atom is 0.0809 e. The monoisotopic (exact) mass is 178 g/mol.